The van der Waals surface area contributed by atoms with Crippen molar-refractivity contribution in [1.82, 2.24) is 9.88 Å². The summed E-state index contributed by atoms with van der Waals surface area (Å²) in [7, 11) is 0. The lowest BCUT2D eigenvalue weighted by atomic mass is 9.88. The Balaban J connectivity index is 0.000000272. The van der Waals surface area contributed by atoms with Crippen LogP contribution >= 0.6 is 0 Å². The molecule has 0 saturated carbocycles. The Bertz CT molecular complexity index is 3220. The lowest BCUT2D eigenvalue weighted by molar-refractivity contribution is 0.420. The van der Waals surface area contributed by atoms with Crippen molar-refractivity contribution in [2.45, 2.75) is 99.8 Å². The molecular weight excluding hydrogens is 947 g/mol. The number of anilines is 3. The van der Waals surface area contributed by atoms with Crippen molar-refractivity contribution in [3.63, 3.8) is 0 Å². The molecule has 5 heteroatoms. The Labute approximate surface area is 468 Å². The van der Waals surface area contributed by atoms with Crippen LogP contribution in [-0.2, 0) is 0 Å². The van der Waals surface area contributed by atoms with Crippen LogP contribution in [0.2, 0.25) is 0 Å². The van der Waals surface area contributed by atoms with Gasteiger partial charge >= 0.3 is 0 Å². The minimum atomic E-state index is 0.296. The number of rotatable bonds is 19. The third-order valence-electron chi connectivity index (χ3n) is 14.0. The molecule has 1 unspecified atom stereocenters. The summed E-state index contributed by atoms with van der Waals surface area (Å²) in [6, 6.07) is 37.9. The van der Waals surface area contributed by atoms with E-state index < -0.39 is 0 Å². The van der Waals surface area contributed by atoms with Crippen molar-refractivity contribution in [3.05, 3.63) is 294 Å². The average Bonchev–Trinajstić information content (AvgIpc) is 3.60. The van der Waals surface area contributed by atoms with E-state index in [0.29, 0.717) is 5.92 Å². The van der Waals surface area contributed by atoms with Gasteiger partial charge in [-0.25, -0.2) is 0 Å². The molecule has 2 N–H and O–H groups in total. The van der Waals surface area contributed by atoms with Gasteiger partial charge in [0.05, 0.1) is 11.4 Å². The molecule has 5 nitrogen and oxygen atoms in total. The molecule has 0 bridgehead atoms. The number of hydrogen-bond acceptors (Lipinski definition) is 4. The average molecular weight is 1030 g/mol. The summed E-state index contributed by atoms with van der Waals surface area (Å²) in [5, 5.41) is 5.02. The summed E-state index contributed by atoms with van der Waals surface area (Å²) in [5.41, 5.74) is 19.6. The van der Waals surface area contributed by atoms with E-state index >= 15 is 0 Å². The number of aliphatic imine (C=N–C) groups is 1. The number of nitrogens with one attached hydrogen (secondary N) is 2. The van der Waals surface area contributed by atoms with Crippen LogP contribution in [0.1, 0.15) is 110 Å². The van der Waals surface area contributed by atoms with Crippen LogP contribution in [0.25, 0.3) is 22.7 Å². The first kappa shape index (κ1) is 58.8. The Hall–Kier alpha value is -8.41. The highest BCUT2D eigenvalue weighted by molar-refractivity contribution is 5.91. The molecule has 0 radical (unpaired) electrons. The normalized spacial score (nSPS) is 16.6. The highest BCUT2D eigenvalue weighted by atomic mass is 15.2. The smallest absolute Gasteiger partial charge is 0.0726 e. The van der Waals surface area contributed by atoms with Crippen molar-refractivity contribution in [1.29, 1.82) is 0 Å². The van der Waals surface area contributed by atoms with E-state index in [9.17, 15) is 0 Å². The molecule has 5 aromatic rings. The van der Waals surface area contributed by atoms with E-state index in [-0.39, 0.29) is 0 Å². The number of hydrogen-bond donors (Lipinski definition) is 2. The molecular formula is C73H83N5. The largest absolute Gasteiger partial charge is 0.358 e. The van der Waals surface area contributed by atoms with Gasteiger partial charge in [0.1, 0.15) is 0 Å². The van der Waals surface area contributed by atoms with Crippen LogP contribution in [0.3, 0.4) is 0 Å². The number of nitrogens with zero attached hydrogens (tertiary/aromatic N) is 3. The standard InChI is InChI=1S/C44H49N3.C27H28N2.C2H6/c1-7-20-37(21-8-2)47(44-32(5)22-19-28-41(38(44)10-4)46-36-24-14-12-15-25-36)43-29-16-11-13-23-35(43)30-34(9-3)31-40-33(6)45-42-27-18-17-26-39(40)42;1-4-6-15-24(5-2)29(25-16-11-8-12-17-25)26-20-18-23(19-21-26)27(28-3)22-13-9-7-10-14-22;1-2/h7-8,10-12,14-22,24-27,29,31,35,45-46H,1,4,9,13,23,28,30H2,2-3,5-6H3;4-6,8-9,11-13,15-21H,2-3,7,10,14H2,1H3;1-2H3/b21-8-,34-31+,37-20+;6-4-,24-15+,27-22-;. The number of aromatic nitrogens is 1. The maximum Gasteiger partial charge on any atom is 0.0726 e. The van der Waals surface area contributed by atoms with Gasteiger partial charge in [-0.2, -0.15) is 0 Å². The highest BCUT2D eigenvalue weighted by Crippen LogP contribution is 2.42. The lowest BCUT2D eigenvalue weighted by Crippen LogP contribution is -2.28. The number of allylic oxidation sites excluding steroid dienone is 20. The van der Waals surface area contributed by atoms with E-state index in [0.717, 1.165) is 102 Å². The molecule has 3 aliphatic rings. The van der Waals surface area contributed by atoms with Crippen molar-refractivity contribution >= 4 is 46.5 Å². The first-order valence-corrected chi connectivity index (χ1v) is 28.0. The van der Waals surface area contributed by atoms with Crippen LogP contribution in [0.5, 0.6) is 0 Å². The Morgan fingerprint density at radius 3 is 2.15 bits per heavy atom. The predicted molar refractivity (Wildman–Crippen MR) is 343 cm³/mol. The first-order valence-electron chi connectivity index (χ1n) is 28.0. The molecule has 78 heavy (non-hydrogen) atoms. The third kappa shape index (κ3) is 15.2. The minimum Gasteiger partial charge on any atom is -0.358 e. The second-order valence-electron chi connectivity index (χ2n) is 19.1. The van der Waals surface area contributed by atoms with Crippen LogP contribution in [0.15, 0.2) is 282 Å². The van der Waals surface area contributed by atoms with E-state index in [1.807, 2.05) is 75.4 Å². The van der Waals surface area contributed by atoms with Gasteiger partial charge in [-0.1, -0.05) is 186 Å². The van der Waals surface area contributed by atoms with Gasteiger partial charge in [-0.05, 0) is 163 Å². The molecule has 0 saturated heterocycles. The molecule has 0 spiro atoms. The van der Waals surface area contributed by atoms with Gasteiger partial charge in [0.2, 0.25) is 0 Å². The number of aromatic amines is 1. The van der Waals surface area contributed by atoms with Crippen LogP contribution in [-0.4, -0.2) is 16.6 Å². The van der Waals surface area contributed by atoms with Crippen LogP contribution in [0.4, 0.5) is 17.1 Å². The summed E-state index contributed by atoms with van der Waals surface area (Å²) in [6.45, 7) is 31.1. The molecule has 0 fully saturated rings. The van der Waals surface area contributed by atoms with Crippen molar-refractivity contribution in [3.8, 4) is 0 Å². The number of para-hydroxylation sites is 3. The summed E-state index contributed by atoms with van der Waals surface area (Å²) < 4.78 is 0. The molecule has 400 valence electrons. The summed E-state index contributed by atoms with van der Waals surface area (Å²) in [6.07, 6.45) is 44.8. The van der Waals surface area contributed by atoms with Gasteiger partial charge in [0.25, 0.3) is 0 Å². The zero-order chi connectivity index (χ0) is 55.7. The second-order valence-corrected chi connectivity index (χ2v) is 19.1. The summed E-state index contributed by atoms with van der Waals surface area (Å²) in [4.78, 5) is 12.6. The minimum absolute atomic E-state index is 0.296. The SMILES string of the molecule is C=C/C(=C\C=C/C)N(c1ccccc1)c1ccc(/C(N=C)=C2\C=CCCC2)cc1.C=C/C=C(\C=C/C)N(C1=CC=CCCC1C/C(=C/c1c(C)[nH]c2ccccc12)CC)C1=C(C)C=CCC(Nc2ccccc2)=C1C=C.CC. The van der Waals surface area contributed by atoms with Crippen LogP contribution in [0, 0.1) is 12.8 Å². The van der Waals surface area contributed by atoms with E-state index in [1.165, 1.54) is 51.0 Å². The molecule has 0 aliphatic heterocycles. The number of aryl methyl sites for hydroxylation is 1. The fourth-order valence-electron chi connectivity index (χ4n) is 10.3. The number of benzene rings is 4. The van der Waals surface area contributed by atoms with Crippen molar-refractivity contribution in [2.75, 3.05) is 10.2 Å². The fourth-order valence-corrected chi connectivity index (χ4v) is 10.3. The van der Waals surface area contributed by atoms with Gasteiger partial charge in [0, 0.05) is 85.5 Å². The monoisotopic (exact) mass is 1030 g/mol. The summed E-state index contributed by atoms with van der Waals surface area (Å²) >= 11 is 0. The topological polar surface area (TPSA) is 46.7 Å². The molecule has 4 aromatic carbocycles. The molecule has 1 atom stereocenters. The summed E-state index contributed by atoms with van der Waals surface area (Å²) in [5.74, 6) is 0.296. The maximum atomic E-state index is 4.37. The second kappa shape index (κ2) is 31.0. The number of fused-ring (bicyclic) bond motifs is 1. The lowest BCUT2D eigenvalue weighted by Gasteiger charge is -2.37. The first-order chi connectivity index (χ1) is 38.3. The molecule has 1 aromatic heterocycles. The Kier molecular flexibility index (Phi) is 23.4. The zero-order valence-electron chi connectivity index (χ0n) is 47.6. The zero-order valence-corrected chi connectivity index (χ0v) is 47.6. The molecule has 8 rings (SSSR count). The van der Waals surface area contributed by atoms with Gasteiger partial charge in [-0.3, -0.25) is 4.99 Å². The quantitative estimate of drug-likeness (QED) is 0.0640. The van der Waals surface area contributed by atoms with Crippen LogP contribution < -0.4 is 10.2 Å². The van der Waals surface area contributed by atoms with E-state index in [4.69, 9.17) is 0 Å². The molecule has 0 amide bonds. The molecule has 3 aliphatic carbocycles. The van der Waals surface area contributed by atoms with Gasteiger partial charge in [-0.15, -0.1) is 0 Å². The maximum absolute atomic E-state index is 4.37. The third-order valence-corrected chi connectivity index (χ3v) is 14.0. The fraction of sp³-hybridized carbons (Fsp3) is 0.219. The van der Waals surface area contributed by atoms with Gasteiger partial charge in [0.15, 0.2) is 0 Å². The van der Waals surface area contributed by atoms with E-state index in [1.54, 1.807) is 0 Å². The van der Waals surface area contributed by atoms with E-state index in [2.05, 4.69) is 237 Å². The Morgan fingerprint density at radius 2 is 1.50 bits per heavy atom. The highest BCUT2D eigenvalue weighted by Gasteiger charge is 2.30. The number of H-pyrrole nitrogens is 1. The van der Waals surface area contributed by atoms with Crippen molar-refractivity contribution < 1.29 is 0 Å². The Morgan fingerprint density at radius 1 is 0.782 bits per heavy atom. The van der Waals surface area contributed by atoms with Gasteiger partial charge < -0.3 is 20.1 Å². The molecule has 1 heterocycles. The van der Waals surface area contributed by atoms with Crippen molar-refractivity contribution in [2.24, 2.45) is 10.9 Å². The predicted octanol–water partition coefficient (Wildman–Crippen LogP) is 20.9.